The highest BCUT2D eigenvalue weighted by molar-refractivity contribution is 6.35. The zero-order valence-corrected chi connectivity index (χ0v) is 9.81. The molecule has 0 N–H and O–H groups in total. The summed E-state index contributed by atoms with van der Waals surface area (Å²) < 4.78 is 0. The molecule has 0 bridgehead atoms. The molecule has 1 nitrogen and oxygen atoms in total. The quantitative estimate of drug-likeness (QED) is 0.675. The van der Waals surface area contributed by atoms with Gasteiger partial charge in [-0.15, -0.1) is 0 Å². The number of aromatic nitrogens is 1. The number of pyridine rings is 1. The predicted molar refractivity (Wildman–Crippen MR) is 64.7 cm³/mol. The highest BCUT2D eigenvalue weighted by atomic mass is 35.5. The van der Waals surface area contributed by atoms with E-state index in [9.17, 15) is 0 Å². The van der Waals surface area contributed by atoms with Gasteiger partial charge in [0, 0.05) is 27.4 Å². The van der Waals surface area contributed by atoms with E-state index in [1.54, 1.807) is 30.5 Å². The summed E-state index contributed by atoms with van der Waals surface area (Å²) in [6.07, 6.45) is 1.67. The van der Waals surface area contributed by atoms with E-state index in [1.165, 1.54) is 0 Å². The van der Waals surface area contributed by atoms with Gasteiger partial charge in [0.15, 0.2) is 0 Å². The van der Waals surface area contributed by atoms with Crippen LogP contribution in [-0.2, 0) is 0 Å². The van der Waals surface area contributed by atoms with Gasteiger partial charge in [-0.25, -0.2) is 4.98 Å². The fourth-order valence-corrected chi connectivity index (χ4v) is 1.76. The summed E-state index contributed by atoms with van der Waals surface area (Å²) in [5.41, 5.74) is 1.75. The Bertz CT molecular complexity index is 480. The van der Waals surface area contributed by atoms with Crippen LogP contribution in [-0.4, -0.2) is 4.98 Å². The fraction of sp³-hybridized carbons (Fsp3) is 0. The standard InChI is InChI=1S/C11H6Cl3N/c12-8-2-3-10(13)9(5-8)7-1-4-11(14)15-6-7/h1-6H. The molecule has 1 aromatic heterocycles. The van der Waals surface area contributed by atoms with Gasteiger partial charge in [-0.3, -0.25) is 0 Å². The van der Waals surface area contributed by atoms with Crippen molar-refractivity contribution in [1.82, 2.24) is 4.98 Å². The van der Waals surface area contributed by atoms with Crippen molar-refractivity contribution in [3.8, 4) is 11.1 Å². The van der Waals surface area contributed by atoms with Gasteiger partial charge < -0.3 is 0 Å². The average molecular weight is 259 g/mol. The summed E-state index contributed by atoms with van der Waals surface area (Å²) in [6.45, 7) is 0. The normalized spacial score (nSPS) is 10.3. The summed E-state index contributed by atoms with van der Waals surface area (Å²) in [7, 11) is 0. The lowest BCUT2D eigenvalue weighted by Crippen LogP contribution is -1.82. The summed E-state index contributed by atoms with van der Waals surface area (Å²) in [5.74, 6) is 0. The van der Waals surface area contributed by atoms with E-state index < -0.39 is 0 Å². The third-order valence-corrected chi connectivity index (χ3v) is 2.76. The van der Waals surface area contributed by atoms with Crippen molar-refractivity contribution in [2.24, 2.45) is 0 Å². The van der Waals surface area contributed by atoms with Crippen LogP contribution in [0.3, 0.4) is 0 Å². The van der Waals surface area contributed by atoms with Crippen LogP contribution >= 0.6 is 34.8 Å². The molecule has 0 atom stereocenters. The van der Waals surface area contributed by atoms with Crippen molar-refractivity contribution >= 4 is 34.8 Å². The molecule has 0 radical (unpaired) electrons. The monoisotopic (exact) mass is 257 g/mol. The Morgan fingerprint density at radius 1 is 0.933 bits per heavy atom. The second-order valence-electron chi connectivity index (χ2n) is 2.99. The molecule has 0 spiro atoms. The van der Waals surface area contributed by atoms with Gasteiger partial charge in [-0.1, -0.05) is 34.8 Å². The van der Waals surface area contributed by atoms with Gasteiger partial charge in [-0.2, -0.15) is 0 Å². The molecule has 0 saturated carbocycles. The first kappa shape index (κ1) is 10.7. The van der Waals surface area contributed by atoms with Gasteiger partial charge >= 0.3 is 0 Å². The molecule has 0 aliphatic heterocycles. The van der Waals surface area contributed by atoms with E-state index in [1.807, 2.05) is 6.07 Å². The maximum absolute atomic E-state index is 6.05. The van der Waals surface area contributed by atoms with Gasteiger partial charge in [0.25, 0.3) is 0 Å². The van der Waals surface area contributed by atoms with E-state index in [-0.39, 0.29) is 0 Å². The zero-order valence-electron chi connectivity index (χ0n) is 7.55. The molecule has 0 aliphatic carbocycles. The Morgan fingerprint density at radius 3 is 2.40 bits per heavy atom. The predicted octanol–water partition coefficient (Wildman–Crippen LogP) is 4.71. The first-order valence-corrected chi connectivity index (χ1v) is 5.37. The molecule has 4 heteroatoms. The van der Waals surface area contributed by atoms with E-state index in [0.717, 1.165) is 11.1 Å². The molecular weight excluding hydrogens is 252 g/mol. The van der Waals surface area contributed by atoms with Crippen LogP contribution in [0.1, 0.15) is 0 Å². The summed E-state index contributed by atoms with van der Waals surface area (Å²) in [5, 5.41) is 1.74. The molecule has 0 amide bonds. The molecule has 15 heavy (non-hydrogen) atoms. The number of hydrogen-bond donors (Lipinski definition) is 0. The Balaban J connectivity index is 2.53. The lowest BCUT2D eigenvalue weighted by molar-refractivity contribution is 1.33. The summed E-state index contributed by atoms with van der Waals surface area (Å²) in [4.78, 5) is 3.99. The molecule has 76 valence electrons. The Hall–Kier alpha value is -0.760. The van der Waals surface area contributed by atoms with Crippen molar-refractivity contribution in [3.63, 3.8) is 0 Å². The molecule has 0 unspecified atom stereocenters. The van der Waals surface area contributed by atoms with Crippen molar-refractivity contribution in [1.29, 1.82) is 0 Å². The van der Waals surface area contributed by atoms with Crippen LogP contribution in [0.5, 0.6) is 0 Å². The number of halogens is 3. The van der Waals surface area contributed by atoms with Crippen LogP contribution in [0.25, 0.3) is 11.1 Å². The van der Waals surface area contributed by atoms with E-state index in [4.69, 9.17) is 34.8 Å². The molecule has 0 fully saturated rings. The summed E-state index contributed by atoms with van der Waals surface area (Å²) >= 11 is 17.6. The van der Waals surface area contributed by atoms with E-state index >= 15 is 0 Å². The Labute approximate surface area is 103 Å². The molecule has 0 aliphatic rings. The Kier molecular flexibility index (Phi) is 3.15. The maximum atomic E-state index is 6.05. The summed E-state index contributed by atoms with van der Waals surface area (Å²) in [6, 6.07) is 8.88. The molecular formula is C11H6Cl3N. The van der Waals surface area contributed by atoms with Gasteiger partial charge in [-0.05, 0) is 30.3 Å². The lowest BCUT2D eigenvalue weighted by Gasteiger charge is -2.04. The highest BCUT2D eigenvalue weighted by Crippen LogP contribution is 2.30. The van der Waals surface area contributed by atoms with Crippen molar-refractivity contribution < 1.29 is 0 Å². The van der Waals surface area contributed by atoms with Gasteiger partial charge in [0.05, 0.1) is 0 Å². The minimum absolute atomic E-state index is 0.455. The Morgan fingerprint density at radius 2 is 1.73 bits per heavy atom. The molecule has 2 aromatic rings. The van der Waals surface area contributed by atoms with Crippen LogP contribution in [0, 0.1) is 0 Å². The third-order valence-electron chi connectivity index (χ3n) is 1.97. The maximum Gasteiger partial charge on any atom is 0.129 e. The largest absolute Gasteiger partial charge is 0.244 e. The second-order valence-corrected chi connectivity index (χ2v) is 4.22. The fourth-order valence-electron chi connectivity index (χ4n) is 1.25. The van der Waals surface area contributed by atoms with E-state index in [0.29, 0.717) is 15.2 Å². The van der Waals surface area contributed by atoms with Gasteiger partial charge in [0.1, 0.15) is 5.15 Å². The second kappa shape index (κ2) is 4.40. The SMILES string of the molecule is Clc1ccc(Cl)c(-c2ccc(Cl)nc2)c1. The minimum Gasteiger partial charge on any atom is -0.244 e. The minimum atomic E-state index is 0.455. The first-order chi connectivity index (χ1) is 7.16. The van der Waals surface area contributed by atoms with Crippen molar-refractivity contribution in [2.75, 3.05) is 0 Å². The molecule has 1 aromatic carbocycles. The smallest absolute Gasteiger partial charge is 0.129 e. The van der Waals surface area contributed by atoms with Crippen LogP contribution in [0.4, 0.5) is 0 Å². The number of rotatable bonds is 1. The number of benzene rings is 1. The van der Waals surface area contributed by atoms with Crippen LogP contribution in [0.2, 0.25) is 15.2 Å². The number of nitrogens with zero attached hydrogens (tertiary/aromatic N) is 1. The topological polar surface area (TPSA) is 12.9 Å². The van der Waals surface area contributed by atoms with E-state index in [2.05, 4.69) is 4.98 Å². The lowest BCUT2D eigenvalue weighted by atomic mass is 10.1. The average Bonchev–Trinajstić information content (AvgIpc) is 2.23. The van der Waals surface area contributed by atoms with Crippen LogP contribution < -0.4 is 0 Å². The molecule has 0 saturated heterocycles. The highest BCUT2D eigenvalue weighted by Gasteiger charge is 2.04. The van der Waals surface area contributed by atoms with Crippen molar-refractivity contribution in [3.05, 3.63) is 51.7 Å². The van der Waals surface area contributed by atoms with Crippen LogP contribution in [0.15, 0.2) is 36.5 Å². The molecule has 2 rings (SSSR count). The third kappa shape index (κ3) is 2.43. The molecule has 1 heterocycles. The first-order valence-electron chi connectivity index (χ1n) is 4.24. The van der Waals surface area contributed by atoms with Gasteiger partial charge in [0.2, 0.25) is 0 Å². The van der Waals surface area contributed by atoms with Crippen molar-refractivity contribution in [2.45, 2.75) is 0 Å². The number of hydrogen-bond acceptors (Lipinski definition) is 1. The zero-order chi connectivity index (χ0) is 10.8.